The van der Waals surface area contributed by atoms with Crippen LogP contribution in [0, 0.1) is 0 Å². The summed E-state index contributed by atoms with van der Waals surface area (Å²) in [6, 6.07) is 10.2. The maximum absolute atomic E-state index is 4.93. The molecule has 4 aromatic rings. The molecule has 1 N–H and O–H groups in total. The maximum atomic E-state index is 4.93. The van der Waals surface area contributed by atoms with Gasteiger partial charge in [-0.3, -0.25) is 0 Å². The molecule has 3 heterocycles. The van der Waals surface area contributed by atoms with Crippen LogP contribution in [-0.2, 0) is 12.8 Å². The first kappa shape index (κ1) is 16.6. The number of hydrogen-bond acceptors (Lipinski definition) is 6. The molecule has 0 saturated carbocycles. The van der Waals surface area contributed by atoms with Gasteiger partial charge in [-0.1, -0.05) is 30.3 Å². The van der Waals surface area contributed by atoms with Crippen LogP contribution in [0.3, 0.4) is 0 Å². The number of thiophene rings is 1. The van der Waals surface area contributed by atoms with Gasteiger partial charge in [0.05, 0.1) is 5.39 Å². The molecule has 0 aliphatic heterocycles. The van der Waals surface area contributed by atoms with E-state index in [9.17, 15) is 0 Å². The van der Waals surface area contributed by atoms with E-state index < -0.39 is 0 Å². The van der Waals surface area contributed by atoms with Gasteiger partial charge in [0.25, 0.3) is 0 Å². The number of rotatable bonds is 5. The van der Waals surface area contributed by atoms with Crippen LogP contribution in [0.1, 0.15) is 16.9 Å². The smallest absolute Gasteiger partial charge is 0.227 e. The summed E-state index contributed by atoms with van der Waals surface area (Å²) in [4.78, 5) is 14.5. The van der Waals surface area contributed by atoms with Crippen molar-refractivity contribution in [1.29, 1.82) is 0 Å². The highest BCUT2D eigenvalue weighted by Gasteiger charge is 2.24. The lowest BCUT2D eigenvalue weighted by Crippen LogP contribution is -2.22. The molecule has 0 spiro atoms. The van der Waals surface area contributed by atoms with Crippen LogP contribution in [-0.4, -0.2) is 51.7 Å². The van der Waals surface area contributed by atoms with Crippen LogP contribution in [0.5, 0.6) is 0 Å². The third kappa shape index (κ3) is 2.87. The van der Waals surface area contributed by atoms with Gasteiger partial charge < -0.3 is 10.2 Å². The molecule has 0 radical (unpaired) electrons. The Morgan fingerprint density at radius 3 is 2.81 bits per heavy atom. The molecule has 0 atom stereocenters. The molecule has 0 unspecified atom stereocenters. The van der Waals surface area contributed by atoms with Crippen LogP contribution in [0.25, 0.3) is 27.3 Å². The minimum absolute atomic E-state index is 0.749. The van der Waals surface area contributed by atoms with E-state index in [2.05, 4.69) is 36.4 Å². The van der Waals surface area contributed by atoms with Crippen molar-refractivity contribution in [3.05, 3.63) is 40.8 Å². The molecule has 0 saturated heterocycles. The number of fused-ring (bicyclic) bond motifs is 5. The maximum Gasteiger partial charge on any atom is 0.227 e. The lowest BCUT2D eigenvalue weighted by molar-refractivity contribution is 0.424. The van der Waals surface area contributed by atoms with E-state index in [-0.39, 0.29) is 0 Å². The zero-order valence-corrected chi connectivity index (χ0v) is 16.4. The summed E-state index contributed by atoms with van der Waals surface area (Å²) in [5, 5.41) is 9.46. The standard InChI is InChI=1S/C20H22N6S/c1-25(2)12-11-21-20-23-19-16(14-9-6-10-15(14)27-19)18-22-17(24-26(18)20)13-7-4-3-5-8-13/h3-5,7-8H,6,9-12H2,1-2H3,(H,21,23). The van der Waals surface area contributed by atoms with Gasteiger partial charge >= 0.3 is 0 Å². The molecule has 138 valence electrons. The fraction of sp³-hybridized carbons (Fsp3) is 0.350. The van der Waals surface area contributed by atoms with Gasteiger partial charge in [-0.05, 0) is 38.9 Å². The summed E-state index contributed by atoms with van der Waals surface area (Å²) >= 11 is 1.82. The predicted molar refractivity (Wildman–Crippen MR) is 111 cm³/mol. The molecule has 1 aromatic carbocycles. The second kappa shape index (κ2) is 6.58. The summed E-state index contributed by atoms with van der Waals surface area (Å²) in [5.41, 5.74) is 3.38. The van der Waals surface area contributed by atoms with Crippen molar-refractivity contribution in [2.45, 2.75) is 19.3 Å². The Morgan fingerprint density at radius 2 is 2.00 bits per heavy atom. The Balaban J connectivity index is 1.69. The van der Waals surface area contributed by atoms with E-state index >= 15 is 0 Å². The Morgan fingerprint density at radius 1 is 1.15 bits per heavy atom. The summed E-state index contributed by atoms with van der Waals surface area (Å²) in [7, 11) is 4.14. The molecule has 27 heavy (non-hydrogen) atoms. The van der Waals surface area contributed by atoms with Crippen molar-refractivity contribution >= 4 is 33.1 Å². The lowest BCUT2D eigenvalue weighted by Gasteiger charge is -2.11. The van der Waals surface area contributed by atoms with Gasteiger partial charge in [-0.15, -0.1) is 16.4 Å². The van der Waals surface area contributed by atoms with E-state index in [1.54, 1.807) is 0 Å². The van der Waals surface area contributed by atoms with Crippen molar-refractivity contribution in [3.63, 3.8) is 0 Å². The van der Waals surface area contributed by atoms with Crippen molar-refractivity contribution < 1.29 is 0 Å². The van der Waals surface area contributed by atoms with E-state index in [0.717, 1.165) is 53.7 Å². The van der Waals surface area contributed by atoms with Crippen molar-refractivity contribution in [2.24, 2.45) is 0 Å². The van der Waals surface area contributed by atoms with Gasteiger partial charge in [0.15, 0.2) is 11.5 Å². The first-order chi connectivity index (χ1) is 13.2. The van der Waals surface area contributed by atoms with Gasteiger partial charge in [-0.2, -0.15) is 4.52 Å². The Hall–Kier alpha value is -2.51. The van der Waals surface area contributed by atoms with Gasteiger partial charge in [-0.25, -0.2) is 9.97 Å². The first-order valence-electron chi connectivity index (χ1n) is 9.36. The van der Waals surface area contributed by atoms with Crippen LogP contribution in [0.4, 0.5) is 5.95 Å². The SMILES string of the molecule is CN(C)CCNc1nc2sc3c(c2c2nc(-c4ccccc4)nn12)CCC3. The van der Waals surface area contributed by atoms with Crippen molar-refractivity contribution in [2.75, 3.05) is 32.5 Å². The Labute approximate surface area is 161 Å². The van der Waals surface area contributed by atoms with E-state index in [1.165, 1.54) is 22.2 Å². The van der Waals surface area contributed by atoms with Crippen LogP contribution >= 0.6 is 11.3 Å². The number of hydrogen-bond donors (Lipinski definition) is 1. The molecule has 1 aliphatic rings. The highest BCUT2D eigenvalue weighted by Crippen LogP contribution is 2.39. The molecule has 6 nitrogen and oxygen atoms in total. The van der Waals surface area contributed by atoms with Crippen LogP contribution < -0.4 is 5.32 Å². The Bertz CT molecular complexity index is 1110. The van der Waals surface area contributed by atoms with Gasteiger partial charge in [0.2, 0.25) is 5.95 Å². The Kier molecular flexibility index (Phi) is 4.06. The lowest BCUT2D eigenvalue weighted by atomic mass is 10.2. The molecular weight excluding hydrogens is 356 g/mol. The summed E-state index contributed by atoms with van der Waals surface area (Å²) < 4.78 is 1.89. The molecular formula is C20H22N6S. The quantitative estimate of drug-likeness (QED) is 0.576. The molecule has 1 aliphatic carbocycles. The average molecular weight is 379 g/mol. The fourth-order valence-electron chi connectivity index (χ4n) is 3.68. The third-order valence-electron chi connectivity index (χ3n) is 5.02. The number of likely N-dealkylation sites (N-methyl/N-ethyl adjacent to an activating group) is 1. The summed E-state index contributed by atoms with van der Waals surface area (Å²) in [6.07, 6.45) is 3.50. The van der Waals surface area contributed by atoms with Crippen molar-refractivity contribution in [1.82, 2.24) is 24.5 Å². The third-order valence-corrected chi connectivity index (χ3v) is 6.20. The van der Waals surface area contributed by atoms with E-state index in [4.69, 9.17) is 15.1 Å². The number of aryl methyl sites for hydroxylation is 2. The molecule has 3 aromatic heterocycles. The highest BCUT2D eigenvalue weighted by atomic mass is 32.1. The number of benzene rings is 1. The summed E-state index contributed by atoms with van der Waals surface area (Å²) in [5.74, 6) is 1.52. The molecule has 7 heteroatoms. The van der Waals surface area contributed by atoms with Gasteiger partial charge in [0, 0.05) is 23.5 Å². The largest absolute Gasteiger partial charge is 0.353 e. The van der Waals surface area contributed by atoms with E-state index in [0.29, 0.717) is 0 Å². The predicted octanol–water partition coefficient (Wildman–Crippen LogP) is 3.47. The van der Waals surface area contributed by atoms with E-state index in [1.807, 2.05) is 34.1 Å². The van der Waals surface area contributed by atoms with Crippen LogP contribution in [0.2, 0.25) is 0 Å². The number of nitrogens with zero attached hydrogens (tertiary/aromatic N) is 5. The average Bonchev–Trinajstić information content (AvgIpc) is 3.35. The zero-order valence-electron chi connectivity index (χ0n) is 15.6. The first-order valence-corrected chi connectivity index (χ1v) is 10.2. The second-order valence-corrected chi connectivity index (χ2v) is 8.32. The number of anilines is 1. The molecule has 0 amide bonds. The number of aromatic nitrogens is 4. The highest BCUT2D eigenvalue weighted by molar-refractivity contribution is 7.19. The van der Waals surface area contributed by atoms with Crippen LogP contribution in [0.15, 0.2) is 30.3 Å². The summed E-state index contributed by atoms with van der Waals surface area (Å²) in [6.45, 7) is 1.74. The zero-order chi connectivity index (χ0) is 18.4. The second-order valence-electron chi connectivity index (χ2n) is 7.24. The minimum atomic E-state index is 0.749. The van der Waals surface area contributed by atoms with Crippen molar-refractivity contribution in [3.8, 4) is 11.4 Å². The minimum Gasteiger partial charge on any atom is -0.353 e. The normalized spacial score (nSPS) is 13.7. The molecule has 5 rings (SSSR count). The fourth-order valence-corrected chi connectivity index (χ4v) is 4.94. The molecule has 0 bridgehead atoms. The number of nitrogens with one attached hydrogen (secondary N) is 1. The topological polar surface area (TPSA) is 58.3 Å². The molecule has 0 fully saturated rings. The van der Waals surface area contributed by atoms with Gasteiger partial charge in [0.1, 0.15) is 4.83 Å². The monoisotopic (exact) mass is 378 g/mol.